The second kappa shape index (κ2) is 7.04. The number of aromatic carboxylic acids is 1. The Balaban J connectivity index is 2.12. The van der Waals surface area contributed by atoms with Crippen molar-refractivity contribution in [3.63, 3.8) is 0 Å². The summed E-state index contributed by atoms with van der Waals surface area (Å²) in [5.41, 5.74) is 1.23. The van der Waals surface area contributed by atoms with Gasteiger partial charge >= 0.3 is 5.97 Å². The normalized spacial score (nSPS) is 10.3. The third-order valence-electron chi connectivity index (χ3n) is 3.07. The number of rotatable bonds is 6. The number of benzene rings is 1. The molecule has 0 aliphatic heterocycles. The van der Waals surface area contributed by atoms with Gasteiger partial charge in [0.2, 0.25) is 0 Å². The Labute approximate surface area is 132 Å². The number of carboxylic acid groups (broad SMARTS) is 1. The number of pyridine rings is 1. The van der Waals surface area contributed by atoms with E-state index in [9.17, 15) is 9.59 Å². The third kappa shape index (κ3) is 4.05. The van der Waals surface area contributed by atoms with Crippen LogP contribution in [0.25, 0.3) is 0 Å². The van der Waals surface area contributed by atoms with E-state index in [4.69, 9.17) is 21.4 Å². The zero-order valence-corrected chi connectivity index (χ0v) is 12.6. The first-order valence-electron chi connectivity index (χ1n) is 6.52. The Morgan fingerprint density at radius 3 is 2.68 bits per heavy atom. The van der Waals surface area contributed by atoms with Gasteiger partial charge in [-0.2, -0.15) is 0 Å². The fourth-order valence-corrected chi connectivity index (χ4v) is 2.28. The average molecular weight is 320 g/mol. The summed E-state index contributed by atoms with van der Waals surface area (Å²) in [6.07, 6.45) is 1.67. The van der Waals surface area contributed by atoms with E-state index in [1.165, 1.54) is 19.4 Å². The lowest BCUT2D eigenvalue weighted by Gasteiger charge is -2.08. The molecule has 2 rings (SSSR count). The summed E-state index contributed by atoms with van der Waals surface area (Å²) in [6, 6.07) is 8.11. The molecule has 0 radical (unpaired) electrons. The predicted molar refractivity (Wildman–Crippen MR) is 81.6 cm³/mol. The zero-order chi connectivity index (χ0) is 16.1. The van der Waals surface area contributed by atoms with Crippen LogP contribution in [0.3, 0.4) is 0 Å². The molecule has 0 spiro atoms. The van der Waals surface area contributed by atoms with Gasteiger partial charge in [0.25, 0.3) is 0 Å². The van der Waals surface area contributed by atoms with Gasteiger partial charge < -0.3 is 9.84 Å². The third-order valence-corrected chi connectivity index (χ3v) is 3.31. The predicted octanol–water partition coefficient (Wildman–Crippen LogP) is 2.80. The first-order chi connectivity index (χ1) is 10.5. The van der Waals surface area contributed by atoms with Crippen molar-refractivity contribution in [2.45, 2.75) is 12.8 Å². The van der Waals surface area contributed by atoms with Crippen LogP contribution in [-0.2, 0) is 17.6 Å². The summed E-state index contributed by atoms with van der Waals surface area (Å²) in [4.78, 5) is 26.8. The standard InChI is InChI=1S/C16H14ClNO4/c1-22-15-3-2-12(17)8-11(15)9-13(19)6-10-4-5-18-14(7-10)16(20)21/h2-5,7-8H,6,9H2,1H3,(H,20,21). The highest BCUT2D eigenvalue weighted by Gasteiger charge is 2.12. The Bertz CT molecular complexity index is 715. The molecule has 6 heteroatoms. The van der Waals surface area contributed by atoms with Crippen molar-refractivity contribution in [1.29, 1.82) is 0 Å². The number of aromatic nitrogens is 1. The summed E-state index contributed by atoms with van der Waals surface area (Å²) in [5, 5.41) is 9.43. The molecule has 1 heterocycles. The molecule has 0 saturated carbocycles. The van der Waals surface area contributed by atoms with E-state index in [1.54, 1.807) is 24.3 Å². The number of ether oxygens (including phenoxy) is 1. The number of carbonyl (C=O) groups excluding carboxylic acids is 1. The van der Waals surface area contributed by atoms with E-state index in [1.807, 2.05) is 0 Å². The van der Waals surface area contributed by atoms with Crippen LogP contribution in [0.15, 0.2) is 36.5 Å². The molecule has 5 nitrogen and oxygen atoms in total. The van der Waals surface area contributed by atoms with Gasteiger partial charge in [0, 0.05) is 29.6 Å². The quantitative estimate of drug-likeness (QED) is 0.886. The molecule has 1 aromatic carbocycles. The van der Waals surface area contributed by atoms with E-state index >= 15 is 0 Å². The van der Waals surface area contributed by atoms with Crippen LogP contribution in [0.5, 0.6) is 5.75 Å². The molecule has 0 fully saturated rings. The number of hydrogen-bond donors (Lipinski definition) is 1. The maximum Gasteiger partial charge on any atom is 0.354 e. The van der Waals surface area contributed by atoms with Crippen molar-refractivity contribution < 1.29 is 19.4 Å². The van der Waals surface area contributed by atoms with Crippen molar-refractivity contribution in [2.75, 3.05) is 7.11 Å². The molecule has 22 heavy (non-hydrogen) atoms. The minimum Gasteiger partial charge on any atom is -0.496 e. The van der Waals surface area contributed by atoms with Crippen LogP contribution in [0.4, 0.5) is 0 Å². The van der Waals surface area contributed by atoms with Crippen LogP contribution < -0.4 is 4.74 Å². The second-order valence-corrected chi connectivity index (χ2v) is 5.14. The summed E-state index contributed by atoms with van der Waals surface area (Å²) in [5.74, 6) is -0.590. The van der Waals surface area contributed by atoms with Crippen LogP contribution in [0, 0.1) is 0 Å². The number of methoxy groups -OCH3 is 1. The maximum absolute atomic E-state index is 12.2. The van der Waals surface area contributed by atoms with E-state index in [0.717, 1.165) is 0 Å². The molecule has 0 aliphatic rings. The highest BCUT2D eigenvalue weighted by atomic mass is 35.5. The lowest BCUT2D eigenvalue weighted by atomic mass is 10.0. The zero-order valence-electron chi connectivity index (χ0n) is 11.9. The first kappa shape index (κ1) is 16.0. The Morgan fingerprint density at radius 1 is 1.23 bits per heavy atom. The number of Topliss-reactive ketones (excluding diaryl/α,β-unsaturated/α-hetero) is 1. The number of carboxylic acids is 1. The smallest absolute Gasteiger partial charge is 0.354 e. The van der Waals surface area contributed by atoms with E-state index in [2.05, 4.69) is 4.98 Å². The molecule has 0 unspecified atom stereocenters. The highest BCUT2D eigenvalue weighted by Crippen LogP contribution is 2.23. The van der Waals surface area contributed by atoms with Crippen molar-refractivity contribution in [2.24, 2.45) is 0 Å². The van der Waals surface area contributed by atoms with Crippen molar-refractivity contribution in [3.05, 3.63) is 58.4 Å². The summed E-state index contributed by atoms with van der Waals surface area (Å²) in [6.45, 7) is 0. The number of ketones is 1. The second-order valence-electron chi connectivity index (χ2n) is 4.70. The molecular formula is C16H14ClNO4. The van der Waals surface area contributed by atoms with Crippen molar-refractivity contribution in [3.8, 4) is 5.75 Å². The van der Waals surface area contributed by atoms with Crippen molar-refractivity contribution in [1.82, 2.24) is 4.98 Å². The van der Waals surface area contributed by atoms with Gasteiger partial charge in [-0.1, -0.05) is 11.6 Å². The minimum absolute atomic E-state index is 0.0666. The molecule has 1 N–H and O–H groups in total. The number of hydrogen-bond acceptors (Lipinski definition) is 4. The average Bonchev–Trinajstić information content (AvgIpc) is 2.47. The number of carbonyl (C=O) groups is 2. The fourth-order valence-electron chi connectivity index (χ4n) is 2.09. The van der Waals surface area contributed by atoms with Crippen LogP contribution >= 0.6 is 11.6 Å². The molecule has 114 valence electrons. The number of halogens is 1. The molecule has 2 aromatic rings. The SMILES string of the molecule is COc1ccc(Cl)cc1CC(=O)Cc1ccnc(C(=O)O)c1. The van der Waals surface area contributed by atoms with E-state index < -0.39 is 5.97 Å². The Hall–Kier alpha value is -2.40. The topological polar surface area (TPSA) is 76.5 Å². The van der Waals surface area contributed by atoms with Gasteiger partial charge in [-0.15, -0.1) is 0 Å². The molecule has 1 aromatic heterocycles. The maximum atomic E-state index is 12.2. The van der Waals surface area contributed by atoms with Crippen LogP contribution in [0.2, 0.25) is 5.02 Å². The minimum atomic E-state index is -1.12. The Morgan fingerprint density at radius 2 is 2.00 bits per heavy atom. The molecule has 0 aliphatic carbocycles. The molecular weight excluding hydrogens is 306 g/mol. The van der Waals surface area contributed by atoms with Gasteiger partial charge in [-0.25, -0.2) is 9.78 Å². The molecule has 0 bridgehead atoms. The Kier molecular flexibility index (Phi) is 5.12. The van der Waals surface area contributed by atoms with Gasteiger partial charge in [-0.05, 0) is 35.9 Å². The van der Waals surface area contributed by atoms with Crippen LogP contribution in [-0.4, -0.2) is 29.0 Å². The van der Waals surface area contributed by atoms with E-state index in [0.29, 0.717) is 21.9 Å². The summed E-state index contributed by atoms with van der Waals surface area (Å²) >= 11 is 5.93. The van der Waals surface area contributed by atoms with Gasteiger partial charge in [0.05, 0.1) is 7.11 Å². The largest absolute Gasteiger partial charge is 0.496 e. The van der Waals surface area contributed by atoms with E-state index in [-0.39, 0.29) is 24.3 Å². The van der Waals surface area contributed by atoms with Crippen molar-refractivity contribution >= 4 is 23.4 Å². The van der Waals surface area contributed by atoms with Gasteiger partial charge in [0.15, 0.2) is 0 Å². The van der Waals surface area contributed by atoms with Crippen LogP contribution in [0.1, 0.15) is 21.6 Å². The number of nitrogens with zero attached hydrogens (tertiary/aromatic N) is 1. The summed E-state index contributed by atoms with van der Waals surface area (Å²) in [7, 11) is 1.53. The lowest BCUT2D eigenvalue weighted by molar-refractivity contribution is -0.117. The lowest BCUT2D eigenvalue weighted by Crippen LogP contribution is -2.09. The van der Waals surface area contributed by atoms with Gasteiger partial charge in [-0.3, -0.25) is 4.79 Å². The summed E-state index contributed by atoms with van der Waals surface area (Å²) < 4.78 is 5.20. The molecule has 0 atom stereocenters. The molecule has 0 amide bonds. The monoisotopic (exact) mass is 319 g/mol. The molecule has 0 saturated heterocycles. The fraction of sp³-hybridized carbons (Fsp3) is 0.188. The highest BCUT2D eigenvalue weighted by molar-refractivity contribution is 6.30. The first-order valence-corrected chi connectivity index (χ1v) is 6.89. The van der Waals surface area contributed by atoms with Gasteiger partial charge in [0.1, 0.15) is 17.2 Å².